The van der Waals surface area contributed by atoms with Crippen LogP contribution in [0.1, 0.15) is 15.9 Å². The molecular formula is C8H8BNO3. The number of hydrogen-bond acceptors (Lipinski definition) is 4. The van der Waals surface area contributed by atoms with E-state index < -0.39 is 5.97 Å². The summed E-state index contributed by atoms with van der Waals surface area (Å²) >= 11 is 0. The zero-order chi connectivity index (χ0) is 9.68. The van der Waals surface area contributed by atoms with Crippen LogP contribution in [-0.4, -0.2) is 14.0 Å². The van der Waals surface area contributed by atoms with Crippen molar-refractivity contribution >= 4 is 14.0 Å². The van der Waals surface area contributed by atoms with E-state index in [1.54, 1.807) is 24.3 Å². The van der Waals surface area contributed by atoms with E-state index in [1.165, 1.54) is 0 Å². The van der Waals surface area contributed by atoms with E-state index in [9.17, 15) is 4.79 Å². The molecule has 66 valence electrons. The molecule has 0 unspecified atom stereocenters. The highest BCUT2D eigenvalue weighted by atomic mass is 16.6. The van der Waals surface area contributed by atoms with Gasteiger partial charge in [-0.2, -0.15) is 0 Å². The van der Waals surface area contributed by atoms with Gasteiger partial charge < -0.3 is 4.65 Å². The molecule has 0 fully saturated rings. The molecule has 0 aliphatic heterocycles. The van der Waals surface area contributed by atoms with Crippen LogP contribution in [0.3, 0.4) is 0 Å². The Balaban J connectivity index is 2.75. The molecule has 5 heteroatoms. The van der Waals surface area contributed by atoms with E-state index in [4.69, 9.17) is 13.9 Å². The van der Waals surface area contributed by atoms with Crippen molar-refractivity contribution < 1.29 is 14.3 Å². The van der Waals surface area contributed by atoms with Crippen LogP contribution >= 0.6 is 0 Å². The first-order valence-electron chi connectivity index (χ1n) is 3.59. The smallest absolute Gasteiger partial charge is 0.378 e. The van der Waals surface area contributed by atoms with Crippen LogP contribution < -0.4 is 5.90 Å². The molecule has 0 atom stereocenters. The molecule has 0 heterocycles. The van der Waals surface area contributed by atoms with Gasteiger partial charge in [0.1, 0.15) is 0 Å². The Kier molecular flexibility index (Phi) is 3.48. The lowest BCUT2D eigenvalue weighted by Gasteiger charge is -2.01. The maximum Gasteiger partial charge on any atom is 0.378 e. The summed E-state index contributed by atoms with van der Waals surface area (Å²) in [5, 5.41) is 0. The third kappa shape index (κ3) is 2.57. The van der Waals surface area contributed by atoms with Crippen molar-refractivity contribution in [2.45, 2.75) is 6.61 Å². The molecule has 2 radical (unpaired) electrons. The Morgan fingerprint density at radius 1 is 1.38 bits per heavy atom. The molecule has 2 N–H and O–H groups in total. The third-order valence-electron chi connectivity index (χ3n) is 1.55. The summed E-state index contributed by atoms with van der Waals surface area (Å²) in [4.78, 5) is 15.3. The molecule has 13 heavy (non-hydrogen) atoms. The van der Waals surface area contributed by atoms with Crippen molar-refractivity contribution in [1.82, 2.24) is 0 Å². The number of carbonyl (C=O) groups is 1. The van der Waals surface area contributed by atoms with E-state index in [1.807, 2.05) is 0 Å². The summed E-state index contributed by atoms with van der Waals surface area (Å²) in [6.07, 6.45) is 0. The topological polar surface area (TPSA) is 61.5 Å². The first kappa shape index (κ1) is 9.76. The fourth-order valence-electron chi connectivity index (χ4n) is 0.901. The Morgan fingerprint density at radius 3 is 2.46 bits per heavy atom. The molecule has 0 bridgehead atoms. The predicted octanol–water partition coefficient (Wildman–Crippen LogP) is 0.317. The minimum Gasteiger partial charge on any atom is -0.540 e. The normalized spacial score (nSPS) is 9.62. The summed E-state index contributed by atoms with van der Waals surface area (Å²) in [7, 11) is 4.71. The number of nitrogens with two attached hydrogens (primary N) is 1. The van der Waals surface area contributed by atoms with Gasteiger partial charge in [0.15, 0.2) is 0 Å². The largest absolute Gasteiger partial charge is 0.540 e. The Labute approximate surface area is 77.0 Å². The van der Waals surface area contributed by atoms with Crippen molar-refractivity contribution in [3.8, 4) is 0 Å². The van der Waals surface area contributed by atoms with Gasteiger partial charge in [-0.05, 0) is 17.7 Å². The third-order valence-corrected chi connectivity index (χ3v) is 1.55. The minimum absolute atomic E-state index is 0.304. The molecular weight excluding hydrogens is 169 g/mol. The number of carbonyl (C=O) groups excluding carboxylic acids is 1. The van der Waals surface area contributed by atoms with E-state index in [2.05, 4.69) is 9.49 Å². The minimum atomic E-state index is -0.569. The first-order chi connectivity index (χ1) is 6.27. The lowest BCUT2D eigenvalue weighted by Crippen LogP contribution is -2.03. The highest BCUT2D eigenvalue weighted by Crippen LogP contribution is 2.05. The van der Waals surface area contributed by atoms with Gasteiger partial charge in [-0.25, -0.2) is 10.7 Å². The molecule has 4 nitrogen and oxygen atoms in total. The van der Waals surface area contributed by atoms with Crippen LogP contribution in [0.15, 0.2) is 24.3 Å². The number of hydrogen-bond donors (Lipinski definition) is 1. The molecule has 0 aromatic heterocycles. The van der Waals surface area contributed by atoms with E-state index >= 15 is 0 Å². The average molecular weight is 177 g/mol. The van der Waals surface area contributed by atoms with Crippen LogP contribution in [0.4, 0.5) is 0 Å². The summed E-state index contributed by atoms with van der Waals surface area (Å²) < 4.78 is 4.04. The summed E-state index contributed by atoms with van der Waals surface area (Å²) in [6.45, 7) is 0.304. The molecule has 0 amide bonds. The molecule has 0 saturated carbocycles. The zero-order valence-corrected chi connectivity index (χ0v) is 6.90. The number of benzene rings is 1. The number of rotatable bonds is 3. The summed E-state index contributed by atoms with van der Waals surface area (Å²) in [6, 6.07) is 6.59. The Bertz CT molecular complexity index is 286. The van der Waals surface area contributed by atoms with Crippen LogP contribution in [0.5, 0.6) is 0 Å². The zero-order valence-electron chi connectivity index (χ0n) is 6.90. The Hall–Kier alpha value is -1.33. The van der Waals surface area contributed by atoms with E-state index in [-0.39, 0.29) is 0 Å². The highest BCUT2D eigenvalue weighted by molar-refractivity contribution is 6.09. The monoisotopic (exact) mass is 177 g/mol. The van der Waals surface area contributed by atoms with Gasteiger partial charge in [0.25, 0.3) is 0 Å². The standard InChI is InChI=1S/C8H8BNO3/c9-13-8(11)7-3-1-6(2-4-7)5-12-10/h1-4H,5,10H2. The van der Waals surface area contributed by atoms with Crippen LogP contribution in [0, 0.1) is 0 Å². The van der Waals surface area contributed by atoms with E-state index in [0.29, 0.717) is 12.2 Å². The second-order valence-electron chi connectivity index (χ2n) is 2.41. The molecule has 1 aromatic carbocycles. The van der Waals surface area contributed by atoms with Crippen molar-refractivity contribution in [1.29, 1.82) is 0 Å². The van der Waals surface area contributed by atoms with Gasteiger partial charge in [0, 0.05) is 0 Å². The Morgan fingerprint density at radius 2 is 2.00 bits per heavy atom. The lowest BCUT2D eigenvalue weighted by molar-refractivity contribution is 0.0749. The summed E-state index contributed by atoms with van der Waals surface area (Å²) in [5.74, 6) is 4.30. The fourth-order valence-corrected chi connectivity index (χ4v) is 0.901. The van der Waals surface area contributed by atoms with Crippen molar-refractivity contribution in [2.75, 3.05) is 0 Å². The first-order valence-corrected chi connectivity index (χ1v) is 3.59. The summed E-state index contributed by atoms with van der Waals surface area (Å²) in [5.41, 5.74) is 1.26. The van der Waals surface area contributed by atoms with Gasteiger partial charge in [0.2, 0.25) is 0 Å². The van der Waals surface area contributed by atoms with Crippen molar-refractivity contribution in [3.63, 3.8) is 0 Å². The van der Waals surface area contributed by atoms with Gasteiger partial charge in [-0.3, -0.25) is 4.84 Å². The average Bonchev–Trinajstić information content (AvgIpc) is 2.18. The van der Waals surface area contributed by atoms with E-state index in [0.717, 1.165) is 5.56 Å². The van der Waals surface area contributed by atoms with Crippen LogP contribution in [0.25, 0.3) is 0 Å². The molecule has 0 spiro atoms. The van der Waals surface area contributed by atoms with Gasteiger partial charge in [-0.15, -0.1) is 0 Å². The van der Waals surface area contributed by atoms with Crippen molar-refractivity contribution in [2.24, 2.45) is 5.90 Å². The van der Waals surface area contributed by atoms with Gasteiger partial charge >= 0.3 is 14.0 Å². The molecule has 1 rings (SSSR count). The second-order valence-corrected chi connectivity index (χ2v) is 2.41. The quantitative estimate of drug-likeness (QED) is 0.533. The van der Waals surface area contributed by atoms with Gasteiger partial charge in [-0.1, -0.05) is 12.1 Å². The van der Waals surface area contributed by atoms with Crippen LogP contribution in [0.2, 0.25) is 0 Å². The maximum absolute atomic E-state index is 10.9. The van der Waals surface area contributed by atoms with Crippen molar-refractivity contribution in [3.05, 3.63) is 35.4 Å². The molecule has 1 aromatic rings. The predicted molar refractivity (Wildman–Crippen MR) is 46.6 cm³/mol. The fraction of sp³-hybridized carbons (Fsp3) is 0.125. The highest BCUT2D eigenvalue weighted by Gasteiger charge is 2.03. The van der Waals surface area contributed by atoms with Gasteiger partial charge in [0.05, 0.1) is 12.2 Å². The molecule has 0 aliphatic rings. The van der Waals surface area contributed by atoms with Crippen LogP contribution in [-0.2, 0) is 16.1 Å². The second kappa shape index (κ2) is 4.64. The SMILES string of the molecule is [B]OC(=O)c1ccc(CON)cc1. The molecule has 0 saturated heterocycles. The molecule has 0 aliphatic carbocycles. The maximum atomic E-state index is 10.9. The lowest BCUT2D eigenvalue weighted by atomic mass is 10.1.